The molecule has 0 bridgehead atoms. The zero-order chi connectivity index (χ0) is 14.5. The van der Waals surface area contributed by atoms with Crippen LogP contribution in [0.4, 0.5) is 0 Å². The van der Waals surface area contributed by atoms with E-state index in [4.69, 9.17) is 0 Å². The van der Waals surface area contributed by atoms with Crippen LogP contribution >= 0.6 is 0 Å². The monoisotopic (exact) mass is 267 g/mol. The van der Waals surface area contributed by atoms with E-state index in [9.17, 15) is 4.79 Å². The molecular weight excluding hydrogens is 238 g/mol. The van der Waals surface area contributed by atoms with Crippen LogP contribution in [0.15, 0.2) is 12.2 Å². The molecule has 0 aromatic heterocycles. The highest BCUT2D eigenvalue weighted by Crippen LogP contribution is 2.05. The summed E-state index contributed by atoms with van der Waals surface area (Å²) in [6, 6.07) is 0.634. The van der Waals surface area contributed by atoms with Gasteiger partial charge in [-0.25, -0.2) is 0 Å². The molecule has 1 saturated heterocycles. The second-order valence-electron chi connectivity index (χ2n) is 6.57. The van der Waals surface area contributed by atoms with Crippen molar-refractivity contribution in [2.45, 2.75) is 46.2 Å². The second-order valence-corrected chi connectivity index (χ2v) is 6.57. The number of nitrogens with zero attached hydrogens (tertiary/aromatic N) is 2. The summed E-state index contributed by atoms with van der Waals surface area (Å²) >= 11 is 0. The maximum Gasteiger partial charge on any atom is 0.244 e. The van der Waals surface area contributed by atoms with E-state index >= 15 is 0 Å². The summed E-state index contributed by atoms with van der Waals surface area (Å²) in [6.45, 7) is 15.7. The minimum Gasteiger partial charge on any atom is -0.348 e. The third-order valence-corrected chi connectivity index (χ3v) is 3.27. The zero-order valence-electron chi connectivity index (χ0n) is 13.1. The van der Waals surface area contributed by atoms with Crippen LogP contribution in [-0.2, 0) is 4.79 Å². The molecule has 1 N–H and O–H groups in total. The van der Waals surface area contributed by atoms with Crippen LogP contribution in [0.2, 0.25) is 0 Å². The Balaban J connectivity index is 2.25. The molecule has 0 radical (unpaired) electrons. The quantitative estimate of drug-likeness (QED) is 0.784. The standard InChI is InChI=1S/C15H29N3O/c1-13(2)18-11-9-17(10-12-18)8-6-7-14(19)16-15(3,4)5/h6-7,13H,8-12H2,1-5H3,(H,16,19)/b7-6+. The van der Waals surface area contributed by atoms with Gasteiger partial charge in [-0.3, -0.25) is 14.6 Å². The van der Waals surface area contributed by atoms with Crippen molar-refractivity contribution < 1.29 is 4.79 Å². The van der Waals surface area contributed by atoms with Crippen molar-refractivity contribution in [3.8, 4) is 0 Å². The first-order valence-corrected chi connectivity index (χ1v) is 7.23. The van der Waals surface area contributed by atoms with Gasteiger partial charge in [0.2, 0.25) is 5.91 Å². The fraction of sp³-hybridized carbons (Fsp3) is 0.800. The molecule has 0 aromatic rings. The van der Waals surface area contributed by atoms with Gasteiger partial charge in [0.05, 0.1) is 0 Å². The summed E-state index contributed by atoms with van der Waals surface area (Å²) in [5.74, 6) is -0.00619. The fourth-order valence-corrected chi connectivity index (χ4v) is 2.18. The summed E-state index contributed by atoms with van der Waals surface area (Å²) in [6.07, 6.45) is 3.62. The third-order valence-electron chi connectivity index (χ3n) is 3.27. The minimum absolute atomic E-state index is 0.00619. The molecule has 1 heterocycles. The molecule has 0 spiro atoms. The van der Waals surface area contributed by atoms with Crippen LogP contribution in [0.5, 0.6) is 0 Å². The Hall–Kier alpha value is -0.870. The van der Waals surface area contributed by atoms with E-state index in [2.05, 4.69) is 29.0 Å². The van der Waals surface area contributed by atoms with Crippen molar-refractivity contribution in [3.05, 3.63) is 12.2 Å². The second kappa shape index (κ2) is 7.06. The largest absolute Gasteiger partial charge is 0.348 e. The number of hydrogen-bond acceptors (Lipinski definition) is 3. The van der Waals surface area contributed by atoms with E-state index in [-0.39, 0.29) is 11.4 Å². The predicted octanol–water partition coefficient (Wildman–Crippen LogP) is 1.48. The van der Waals surface area contributed by atoms with Crippen molar-refractivity contribution in [1.82, 2.24) is 15.1 Å². The number of rotatable bonds is 4. The van der Waals surface area contributed by atoms with Gasteiger partial charge in [0.15, 0.2) is 0 Å². The van der Waals surface area contributed by atoms with Crippen molar-refractivity contribution in [2.75, 3.05) is 32.7 Å². The van der Waals surface area contributed by atoms with Gasteiger partial charge >= 0.3 is 0 Å². The van der Waals surface area contributed by atoms with Crippen LogP contribution in [0, 0.1) is 0 Å². The molecule has 1 aliphatic rings. The predicted molar refractivity (Wildman–Crippen MR) is 80.2 cm³/mol. The SMILES string of the molecule is CC(C)N1CCN(C/C=C/C(=O)NC(C)(C)C)CC1. The highest BCUT2D eigenvalue weighted by atomic mass is 16.1. The Morgan fingerprint density at radius 3 is 2.26 bits per heavy atom. The Bertz CT molecular complexity index is 310. The van der Waals surface area contributed by atoms with E-state index in [1.54, 1.807) is 6.08 Å². The van der Waals surface area contributed by atoms with Crippen molar-refractivity contribution >= 4 is 5.91 Å². The lowest BCUT2D eigenvalue weighted by Crippen LogP contribution is -2.48. The van der Waals surface area contributed by atoms with Gasteiger partial charge in [0.25, 0.3) is 0 Å². The van der Waals surface area contributed by atoms with Crippen LogP contribution in [0.25, 0.3) is 0 Å². The minimum atomic E-state index is -0.162. The maximum absolute atomic E-state index is 11.6. The number of hydrogen-bond donors (Lipinski definition) is 1. The molecule has 1 rings (SSSR count). The molecule has 0 atom stereocenters. The van der Waals surface area contributed by atoms with E-state index in [0.29, 0.717) is 6.04 Å². The Morgan fingerprint density at radius 1 is 1.21 bits per heavy atom. The topological polar surface area (TPSA) is 35.6 Å². The average molecular weight is 267 g/mol. The molecule has 4 nitrogen and oxygen atoms in total. The summed E-state index contributed by atoms with van der Waals surface area (Å²) < 4.78 is 0. The highest BCUT2D eigenvalue weighted by Gasteiger charge is 2.17. The van der Waals surface area contributed by atoms with Crippen LogP contribution < -0.4 is 5.32 Å². The number of amides is 1. The van der Waals surface area contributed by atoms with Crippen LogP contribution in [0.3, 0.4) is 0 Å². The highest BCUT2D eigenvalue weighted by molar-refractivity contribution is 5.87. The number of piperazine rings is 1. The summed E-state index contributed by atoms with van der Waals surface area (Å²) in [4.78, 5) is 16.5. The summed E-state index contributed by atoms with van der Waals surface area (Å²) in [5.41, 5.74) is -0.162. The Morgan fingerprint density at radius 2 is 1.79 bits per heavy atom. The van der Waals surface area contributed by atoms with Gasteiger partial charge in [0.1, 0.15) is 0 Å². The van der Waals surface area contributed by atoms with E-state index in [0.717, 1.165) is 32.7 Å². The molecule has 19 heavy (non-hydrogen) atoms. The fourth-order valence-electron chi connectivity index (χ4n) is 2.18. The zero-order valence-corrected chi connectivity index (χ0v) is 13.1. The van der Waals surface area contributed by atoms with Gasteiger partial charge in [-0.2, -0.15) is 0 Å². The van der Waals surface area contributed by atoms with Gasteiger partial charge < -0.3 is 5.32 Å². The van der Waals surface area contributed by atoms with E-state index in [1.807, 2.05) is 26.8 Å². The summed E-state index contributed by atoms with van der Waals surface area (Å²) in [7, 11) is 0. The lowest BCUT2D eigenvalue weighted by atomic mass is 10.1. The Kier molecular flexibility index (Phi) is 6.01. The first-order valence-electron chi connectivity index (χ1n) is 7.23. The molecule has 4 heteroatoms. The van der Waals surface area contributed by atoms with E-state index in [1.165, 1.54) is 0 Å². The van der Waals surface area contributed by atoms with Gasteiger partial charge in [-0.15, -0.1) is 0 Å². The van der Waals surface area contributed by atoms with E-state index < -0.39 is 0 Å². The van der Waals surface area contributed by atoms with Crippen LogP contribution in [0.1, 0.15) is 34.6 Å². The van der Waals surface area contributed by atoms with Gasteiger partial charge in [-0.1, -0.05) is 6.08 Å². The molecule has 0 aliphatic carbocycles. The smallest absolute Gasteiger partial charge is 0.244 e. The van der Waals surface area contributed by atoms with Crippen molar-refractivity contribution in [2.24, 2.45) is 0 Å². The van der Waals surface area contributed by atoms with Crippen molar-refractivity contribution in [3.63, 3.8) is 0 Å². The average Bonchev–Trinajstić information content (AvgIpc) is 2.27. The molecule has 0 aromatic carbocycles. The van der Waals surface area contributed by atoms with Crippen LogP contribution in [-0.4, -0.2) is 60.0 Å². The normalized spacial score (nSPS) is 19.3. The third kappa shape index (κ3) is 6.73. The lowest BCUT2D eigenvalue weighted by Gasteiger charge is -2.36. The maximum atomic E-state index is 11.6. The first-order chi connectivity index (χ1) is 8.78. The number of nitrogens with one attached hydrogen (secondary N) is 1. The number of carbonyl (C=O) groups excluding carboxylic acids is 1. The first kappa shape index (κ1) is 16.2. The lowest BCUT2D eigenvalue weighted by molar-refractivity contribution is -0.117. The van der Waals surface area contributed by atoms with Gasteiger partial charge in [-0.05, 0) is 34.6 Å². The Labute approximate surface area is 117 Å². The molecule has 1 amide bonds. The van der Waals surface area contributed by atoms with Gasteiger partial charge in [0, 0.05) is 50.4 Å². The molecule has 1 fully saturated rings. The molecule has 0 saturated carbocycles. The molecule has 1 aliphatic heterocycles. The summed E-state index contributed by atoms with van der Waals surface area (Å²) in [5, 5.41) is 2.93. The van der Waals surface area contributed by atoms with Crippen molar-refractivity contribution in [1.29, 1.82) is 0 Å². The molecular formula is C15H29N3O. The molecule has 0 unspecified atom stereocenters. The molecule has 110 valence electrons. The number of carbonyl (C=O) groups is 1.